The first-order valence-corrected chi connectivity index (χ1v) is 5.71. The van der Waals surface area contributed by atoms with Crippen molar-refractivity contribution in [2.24, 2.45) is 0 Å². The summed E-state index contributed by atoms with van der Waals surface area (Å²) >= 11 is 0. The summed E-state index contributed by atoms with van der Waals surface area (Å²) < 4.78 is 7.54. The van der Waals surface area contributed by atoms with Crippen molar-refractivity contribution in [1.82, 2.24) is 9.13 Å². The summed E-state index contributed by atoms with van der Waals surface area (Å²) in [6.45, 7) is 3.35. The Labute approximate surface area is 99.6 Å². The molecule has 1 aromatic heterocycles. The highest BCUT2D eigenvalue weighted by atomic mass is 16.5. The maximum Gasteiger partial charge on any atom is 0.332 e. The Bertz CT molecular complexity index is 476. The lowest BCUT2D eigenvalue weighted by Crippen LogP contribution is -2.40. The smallest absolute Gasteiger partial charge is 0.332 e. The van der Waals surface area contributed by atoms with Crippen LogP contribution in [-0.2, 0) is 17.8 Å². The average Bonchev–Trinajstić information content (AvgIpc) is 2.29. The van der Waals surface area contributed by atoms with Crippen LogP contribution < -0.4 is 17.0 Å². The van der Waals surface area contributed by atoms with Crippen LogP contribution in [-0.4, -0.2) is 22.9 Å². The molecule has 0 saturated heterocycles. The molecule has 0 aliphatic rings. The van der Waals surface area contributed by atoms with E-state index in [4.69, 9.17) is 10.5 Å². The van der Waals surface area contributed by atoms with Gasteiger partial charge in [-0.1, -0.05) is 6.92 Å². The highest BCUT2D eigenvalue weighted by Crippen LogP contribution is 1.97. The van der Waals surface area contributed by atoms with Gasteiger partial charge in [0.25, 0.3) is 5.56 Å². The van der Waals surface area contributed by atoms with E-state index in [0.29, 0.717) is 26.1 Å². The molecule has 0 aliphatic heterocycles. The second-order valence-corrected chi connectivity index (χ2v) is 3.84. The molecule has 1 heterocycles. The molecular weight excluding hydrogens is 222 g/mol. The van der Waals surface area contributed by atoms with Crippen LogP contribution in [0.15, 0.2) is 15.7 Å². The zero-order chi connectivity index (χ0) is 12.8. The predicted octanol–water partition coefficient (Wildman–Crippen LogP) is 0.0387. The molecule has 0 atom stereocenters. The van der Waals surface area contributed by atoms with Gasteiger partial charge in [0.05, 0.1) is 0 Å². The van der Waals surface area contributed by atoms with Gasteiger partial charge in [0.1, 0.15) is 5.82 Å². The number of nitrogen functional groups attached to an aromatic ring is 1. The lowest BCUT2D eigenvalue weighted by Gasteiger charge is -2.11. The van der Waals surface area contributed by atoms with Gasteiger partial charge < -0.3 is 10.5 Å². The molecule has 0 unspecified atom stereocenters. The van der Waals surface area contributed by atoms with Gasteiger partial charge in [-0.25, -0.2) is 4.79 Å². The molecule has 0 bridgehead atoms. The fourth-order valence-electron chi connectivity index (χ4n) is 1.65. The summed E-state index contributed by atoms with van der Waals surface area (Å²) in [4.78, 5) is 23.6. The molecule has 1 aromatic rings. The largest absolute Gasteiger partial charge is 0.385 e. The molecule has 1 rings (SSSR count). The summed E-state index contributed by atoms with van der Waals surface area (Å²) in [6, 6.07) is 1.30. The first-order chi connectivity index (χ1) is 8.11. The minimum atomic E-state index is -0.340. The number of aromatic nitrogens is 2. The number of nitrogens with zero attached hydrogens (tertiary/aromatic N) is 2. The lowest BCUT2D eigenvalue weighted by atomic mass is 10.4. The summed E-state index contributed by atoms with van der Waals surface area (Å²) in [5.41, 5.74) is 5.00. The van der Waals surface area contributed by atoms with Gasteiger partial charge in [0.2, 0.25) is 0 Å². The molecule has 0 aromatic carbocycles. The molecule has 0 amide bonds. The Morgan fingerprint density at radius 1 is 1.29 bits per heavy atom. The van der Waals surface area contributed by atoms with E-state index < -0.39 is 0 Å². The van der Waals surface area contributed by atoms with Gasteiger partial charge in [-0.3, -0.25) is 13.9 Å². The number of hydrogen-bond acceptors (Lipinski definition) is 4. The third kappa shape index (κ3) is 3.20. The van der Waals surface area contributed by atoms with E-state index in [1.165, 1.54) is 15.2 Å². The zero-order valence-electron chi connectivity index (χ0n) is 10.3. The van der Waals surface area contributed by atoms with Gasteiger partial charge in [0, 0.05) is 32.9 Å². The molecular formula is C11H19N3O3. The van der Waals surface area contributed by atoms with E-state index in [1.807, 2.05) is 6.92 Å². The summed E-state index contributed by atoms with van der Waals surface area (Å²) in [5.74, 6) is 0.212. The van der Waals surface area contributed by atoms with Crippen LogP contribution in [0.2, 0.25) is 0 Å². The zero-order valence-corrected chi connectivity index (χ0v) is 10.3. The van der Waals surface area contributed by atoms with Gasteiger partial charge >= 0.3 is 5.69 Å². The van der Waals surface area contributed by atoms with Crippen LogP contribution >= 0.6 is 0 Å². The molecule has 0 fully saturated rings. The van der Waals surface area contributed by atoms with Gasteiger partial charge in [-0.15, -0.1) is 0 Å². The normalized spacial score (nSPS) is 10.7. The van der Waals surface area contributed by atoms with Crippen molar-refractivity contribution in [3.05, 3.63) is 26.9 Å². The number of ether oxygens (including phenoxy) is 1. The minimum Gasteiger partial charge on any atom is -0.385 e. The van der Waals surface area contributed by atoms with E-state index in [0.717, 1.165) is 6.42 Å². The third-order valence-electron chi connectivity index (χ3n) is 2.49. The highest BCUT2D eigenvalue weighted by Gasteiger charge is 2.08. The molecule has 0 saturated carbocycles. The van der Waals surface area contributed by atoms with Crippen molar-refractivity contribution >= 4 is 5.82 Å². The Morgan fingerprint density at radius 3 is 2.59 bits per heavy atom. The fourth-order valence-corrected chi connectivity index (χ4v) is 1.65. The topological polar surface area (TPSA) is 79.2 Å². The van der Waals surface area contributed by atoms with Crippen LogP contribution in [0.3, 0.4) is 0 Å². The second kappa shape index (κ2) is 6.24. The Hall–Kier alpha value is -1.56. The minimum absolute atomic E-state index is 0.212. The molecule has 2 N–H and O–H groups in total. The lowest BCUT2D eigenvalue weighted by molar-refractivity contribution is 0.190. The fraction of sp³-hybridized carbons (Fsp3) is 0.636. The number of nitrogens with two attached hydrogens (primary N) is 1. The summed E-state index contributed by atoms with van der Waals surface area (Å²) in [5, 5.41) is 0. The number of anilines is 1. The van der Waals surface area contributed by atoms with E-state index >= 15 is 0 Å². The molecule has 17 heavy (non-hydrogen) atoms. The van der Waals surface area contributed by atoms with Crippen LogP contribution in [0, 0.1) is 0 Å². The maximum absolute atomic E-state index is 12.0. The summed E-state index contributed by atoms with van der Waals surface area (Å²) in [7, 11) is 1.60. The van der Waals surface area contributed by atoms with Gasteiger partial charge in [-0.2, -0.15) is 0 Å². The van der Waals surface area contributed by atoms with Crippen molar-refractivity contribution in [3.63, 3.8) is 0 Å². The average molecular weight is 241 g/mol. The van der Waals surface area contributed by atoms with E-state index in [-0.39, 0.29) is 17.1 Å². The second-order valence-electron chi connectivity index (χ2n) is 3.84. The molecule has 96 valence electrons. The Kier molecular flexibility index (Phi) is 4.96. The van der Waals surface area contributed by atoms with Crippen molar-refractivity contribution in [1.29, 1.82) is 0 Å². The third-order valence-corrected chi connectivity index (χ3v) is 2.49. The van der Waals surface area contributed by atoms with Crippen LogP contribution in [0.1, 0.15) is 19.8 Å². The standard InChI is InChI=1S/C11H19N3O3/c1-3-5-14-10(15)8-9(12)13(11(14)16)6-4-7-17-2/h8H,3-7,12H2,1-2H3. The Balaban J connectivity index is 3.08. The molecule has 0 aliphatic carbocycles. The molecule has 6 nitrogen and oxygen atoms in total. The first-order valence-electron chi connectivity index (χ1n) is 5.71. The van der Waals surface area contributed by atoms with Crippen molar-refractivity contribution in [3.8, 4) is 0 Å². The number of hydrogen-bond donors (Lipinski definition) is 1. The summed E-state index contributed by atoms with van der Waals surface area (Å²) in [6.07, 6.45) is 1.42. The number of methoxy groups -OCH3 is 1. The van der Waals surface area contributed by atoms with E-state index in [1.54, 1.807) is 7.11 Å². The SMILES string of the molecule is CCCn1c(=O)cc(N)n(CCCOC)c1=O. The predicted molar refractivity (Wildman–Crippen MR) is 66.2 cm³/mol. The first kappa shape index (κ1) is 13.5. The molecule has 0 spiro atoms. The maximum atomic E-state index is 12.0. The van der Waals surface area contributed by atoms with E-state index in [9.17, 15) is 9.59 Å². The van der Waals surface area contributed by atoms with Gasteiger partial charge in [0.15, 0.2) is 0 Å². The monoisotopic (exact) mass is 241 g/mol. The number of rotatable bonds is 6. The van der Waals surface area contributed by atoms with Crippen LogP contribution in [0.4, 0.5) is 5.82 Å². The van der Waals surface area contributed by atoms with E-state index in [2.05, 4.69) is 0 Å². The van der Waals surface area contributed by atoms with Crippen molar-refractivity contribution in [2.45, 2.75) is 32.9 Å². The Morgan fingerprint density at radius 2 is 2.00 bits per heavy atom. The van der Waals surface area contributed by atoms with Gasteiger partial charge in [-0.05, 0) is 12.8 Å². The van der Waals surface area contributed by atoms with Crippen LogP contribution in [0.25, 0.3) is 0 Å². The highest BCUT2D eigenvalue weighted by molar-refractivity contribution is 5.26. The van der Waals surface area contributed by atoms with Crippen molar-refractivity contribution < 1.29 is 4.74 Å². The quantitative estimate of drug-likeness (QED) is 0.713. The molecule has 0 radical (unpaired) electrons. The van der Waals surface area contributed by atoms with Crippen LogP contribution in [0.5, 0.6) is 0 Å². The molecule has 6 heteroatoms. The van der Waals surface area contributed by atoms with Crippen molar-refractivity contribution in [2.75, 3.05) is 19.5 Å².